The number of rotatable bonds is 5. The van der Waals surface area contributed by atoms with Gasteiger partial charge in [-0.25, -0.2) is 8.42 Å². The molecule has 0 aliphatic carbocycles. The number of nitrogens with zero attached hydrogens (tertiary/aromatic N) is 4. The van der Waals surface area contributed by atoms with E-state index in [-0.39, 0.29) is 0 Å². The van der Waals surface area contributed by atoms with Crippen molar-refractivity contribution in [1.82, 2.24) is 19.4 Å². The van der Waals surface area contributed by atoms with Gasteiger partial charge in [0.15, 0.2) is 4.34 Å². The van der Waals surface area contributed by atoms with Gasteiger partial charge in [-0.05, 0) is 25.3 Å². The van der Waals surface area contributed by atoms with Gasteiger partial charge in [-0.1, -0.05) is 40.8 Å². The van der Waals surface area contributed by atoms with Crippen molar-refractivity contribution in [3.8, 4) is 0 Å². The quantitative estimate of drug-likeness (QED) is 0.736. The van der Waals surface area contributed by atoms with Crippen LogP contribution in [0.5, 0.6) is 0 Å². The molecule has 1 fully saturated rings. The highest BCUT2D eigenvalue weighted by Gasteiger charge is 2.28. The molecule has 2 heterocycles. The van der Waals surface area contributed by atoms with Gasteiger partial charge in [-0.3, -0.25) is 4.90 Å². The van der Waals surface area contributed by atoms with Crippen LogP contribution in [0.1, 0.15) is 10.6 Å². The van der Waals surface area contributed by atoms with Crippen LogP contribution >= 0.6 is 23.1 Å². The topological polar surface area (TPSA) is 66.4 Å². The maximum Gasteiger partial charge on any atom is 0.243 e. The van der Waals surface area contributed by atoms with Gasteiger partial charge in [0.2, 0.25) is 10.0 Å². The number of sulfonamides is 1. The van der Waals surface area contributed by atoms with E-state index in [1.165, 1.54) is 0 Å². The van der Waals surface area contributed by atoms with Crippen molar-refractivity contribution in [2.24, 2.45) is 0 Å². The molecular weight excluding hydrogens is 364 g/mol. The molecule has 1 aliphatic rings. The highest BCUT2D eigenvalue weighted by molar-refractivity contribution is 8.00. The van der Waals surface area contributed by atoms with Gasteiger partial charge in [0.05, 0.1) is 11.4 Å². The first kappa shape index (κ1) is 17.8. The third kappa shape index (κ3) is 3.97. The fourth-order valence-corrected chi connectivity index (χ4v) is 5.34. The zero-order valence-corrected chi connectivity index (χ0v) is 16.1. The Morgan fingerprint density at radius 3 is 2.38 bits per heavy atom. The van der Waals surface area contributed by atoms with E-state index >= 15 is 0 Å². The Morgan fingerprint density at radius 2 is 1.79 bits per heavy atom. The van der Waals surface area contributed by atoms with Crippen LogP contribution in [0, 0.1) is 6.92 Å². The Hall–Kier alpha value is -1.00. The summed E-state index contributed by atoms with van der Waals surface area (Å²) in [6, 6.07) is 7.04. The monoisotopic (exact) mass is 384 g/mol. The first-order chi connectivity index (χ1) is 11.5. The van der Waals surface area contributed by atoms with Crippen molar-refractivity contribution in [1.29, 1.82) is 0 Å². The van der Waals surface area contributed by atoms with Gasteiger partial charge in [-0.2, -0.15) is 4.31 Å². The van der Waals surface area contributed by atoms with E-state index < -0.39 is 10.0 Å². The Labute approximate surface area is 150 Å². The lowest BCUT2D eigenvalue weighted by Crippen LogP contribution is -2.48. The summed E-state index contributed by atoms with van der Waals surface area (Å²) in [4.78, 5) is 2.60. The minimum absolute atomic E-state index is 0.371. The minimum atomic E-state index is -3.40. The summed E-state index contributed by atoms with van der Waals surface area (Å²) in [6.07, 6.45) is 1.99. The van der Waals surface area contributed by atoms with E-state index in [2.05, 4.69) is 15.1 Å². The second kappa shape index (κ2) is 7.49. The molecule has 0 radical (unpaired) electrons. The lowest BCUT2D eigenvalue weighted by Gasteiger charge is -2.33. The summed E-state index contributed by atoms with van der Waals surface area (Å²) >= 11 is 3.19. The molecule has 1 aliphatic heterocycles. The van der Waals surface area contributed by atoms with Gasteiger partial charge >= 0.3 is 0 Å². The molecule has 6 nitrogen and oxygen atoms in total. The predicted molar refractivity (Wildman–Crippen MR) is 96.9 cm³/mol. The van der Waals surface area contributed by atoms with Crippen LogP contribution < -0.4 is 0 Å². The second-order valence-corrected chi connectivity index (χ2v) is 9.71. The molecule has 1 aromatic heterocycles. The normalized spacial score (nSPS) is 17.2. The molecular formula is C15H20N4O2S3. The third-order valence-corrected chi connectivity index (χ3v) is 7.77. The van der Waals surface area contributed by atoms with Crippen LogP contribution in [-0.4, -0.2) is 60.3 Å². The maximum absolute atomic E-state index is 12.7. The van der Waals surface area contributed by atoms with Gasteiger partial charge in [-0.15, -0.1) is 10.2 Å². The minimum Gasteiger partial charge on any atom is -0.294 e. The van der Waals surface area contributed by atoms with E-state index in [0.29, 0.717) is 31.1 Å². The maximum atomic E-state index is 12.7. The van der Waals surface area contributed by atoms with Gasteiger partial charge in [0.1, 0.15) is 5.01 Å². The molecule has 0 atom stereocenters. The third-order valence-electron chi connectivity index (χ3n) is 3.97. The van der Waals surface area contributed by atoms with Crippen molar-refractivity contribution in [3.63, 3.8) is 0 Å². The van der Waals surface area contributed by atoms with E-state index in [1.807, 2.05) is 25.3 Å². The summed E-state index contributed by atoms with van der Waals surface area (Å²) in [5, 5.41) is 9.26. The molecule has 0 unspecified atom stereocenters. The van der Waals surface area contributed by atoms with E-state index in [1.54, 1.807) is 39.5 Å². The van der Waals surface area contributed by atoms with E-state index in [9.17, 15) is 8.42 Å². The number of hydrogen-bond donors (Lipinski definition) is 0. The van der Waals surface area contributed by atoms with Crippen molar-refractivity contribution >= 4 is 33.1 Å². The summed E-state index contributed by atoms with van der Waals surface area (Å²) in [7, 11) is -3.40. The number of hydrogen-bond acceptors (Lipinski definition) is 7. The van der Waals surface area contributed by atoms with Crippen LogP contribution in [0.15, 0.2) is 33.5 Å². The molecule has 2 aromatic rings. The lowest BCUT2D eigenvalue weighted by molar-refractivity contribution is 0.181. The molecule has 130 valence electrons. The Kier molecular flexibility index (Phi) is 5.56. The fourth-order valence-electron chi connectivity index (χ4n) is 2.56. The van der Waals surface area contributed by atoms with Gasteiger partial charge in [0.25, 0.3) is 0 Å². The molecule has 0 spiro atoms. The molecule has 24 heavy (non-hydrogen) atoms. The van der Waals surface area contributed by atoms with Crippen molar-refractivity contribution in [2.75, 3.05) is 32.4 Å². The largest absolute Gasteiger partial charge is 0.294 e. The highest BCUT2D eigenvalue weighted by atomic mass is 32.2. The Balaban J connectivity index is 1.60. The number of thioether (sulfide) groups is 1. The van der Waals surface area contributed by atoms with Crippen LogP contribution in [-0.2, 0) is 16.6 Å². The molecule has 0 saturated carbocycles. The molecule has 1 aromatic carbocycles. The first-order valence-electron chi connectivity index (χ1n) is 7.64. The summed E-state index contributed by atoms with van der Waals surface area (Å²) in [5.74, 6) is 0. The highest BCUT2D eigenvalue weighted by Crippen LogP contribution is 2.22. The number of aromatic nitrogens is 2. The smallest absolute Gasteiger partial charge is 0.243 e. The zero-order chi connectivity index (χ0) is 17.2. The van der Waals surface area contributed by atoms with Crippen LogP contribution in [0.4, 0.5) is 0 Å². The SMILES string of the molecule is CSc1nnc(CN2CCN(S(=O)(=O)c3ccc(C)cc3)CC2)s1. The lowest BCUT2D eigenvalue weighted by atomic mass is 10.2. The summed E-state index contributed by atoms with van der Waals surface area (Å²) in [6.45, 7) is 5.11. The summed E-state index contributed by atoms with van der Waals surface area (Å²) in [5.41, 5.74) is 1.06. The Morgan fingerprint density at radius 1 is 1.12 bits per heavy atom. The molecule has 9 heteroatoms. The van der Waals surface area contributed by atoms with E-state index in [4.69, 9.17) is 0 Å². The summed E-state index contributed by atoms with van der Waals surface area (Å²) < 4.78 is 27.9. The predicted octanol–water partition coefficient (Wildman–Crippen LogP) is 2.07. The first-order valence-corrected chi connectivity index (χ1v) is 11.1. The van der Waals surface area contributed by atoms with Crippen LogP contribution in [0.25, 0.3) is 0 Å². The average Bonchev–Trinajstić information content (AvgIpc) is 3.03. The molecule has 1 saturated heterocycles. The average molecular weight is 385 g/mol. The second-order valence-electron chi connectivity index (χ2n) is 5.66. The number of aryl methyl sites for hydroxylation is 1. The zero-order valence-electron chi connectivity index (χ0n) is 13.7. The molecule has 3 rings (SSSR count). The number of piperazine rings is 1. The van der Waals surface area contributed by atoms with Gasteiger partial charge < -0.3 is 0 Å². The van der Waals surface area contributed by atoms with Crippen LogP contribution in [0.2, 0.25) is 0 Å². The van der Waals surface area contributed by atoms with Crippen LogP contribution in [0.3, 0.4) is 0 Å². The molecule has 0 N–H and O–H groups in total. The molecule has 0 bridgehead atoms. The Bertz CT molecular complexity index is 781. The van der Waals surface area contributed by atoms with E-state index in [0.717, 1.165) is 21.5 Å². The fraction of sp³-hybridized carbons (Fsp3) is 0.467. The molecule has 0 amide bonds. The van der Waals surface area contributed by atoms with Crippen molar-refractivity contribution in [3.05, 3.63) is 34.8 Å². The number of benzene rings is 1. The standard InChI is InChI=1S/C15H20N4O2S3/c1-12-3-5-13(6-4-12)24(20,21)19-9-7-18(8-10-19)11-14-16-17-15(22-2)23-14/h3-6H,7-11H2,1-2H3. The van der Waals surface area contributed by atoms with Gasteiger partial charge in [0, 0.05) is 26.2 Å². The van der Waals surface area contributed by atoms with Crippen molar-refractivity contribution in [2.45, 2.75) is 22.7 Å². The van der Waals surface area contributed by atoms with Crippen molar-refractivity contribution < 1.29 is 8.42 Å².